The molecule has 1 rings (SSSR count). The van der Waals surface area contributed by atoms with Gasteiger partial charge in [-0.05, 0) is 6.07 Å². The minimum Gasteiger partial charge on any atom is -0.480 e. The summed E-state index contributed by atoms with van der Waals surface area (Å²) in [6, 6.07) is 1.21. The fourth-order valence-corrected chi connectivity index (χ4v) is 2.46. The number of sulfonamides is 1. The van der Waals surface area contributed by atoms with E-state index in [0.29, 0.717) is 4.31 Å². The summed E-state index contributed by atoms with van der Waals surface area (Å²) in [5.41, 5.74) is 0. The molecule has 0 bridgehead atoms. The van der Waals surface area contributed by atoms with Crippen LogP contribution in [0.2, 0.25) is 0 Å². The first-order valence-corrected chi connectivity index (χ1v) is 5.84. The third kappa shape index (κ3) is 3.29. The van der Waals surface area contributed by atoms with Gasteiger partial charge in [0.25, 0.3) is 0 Å². The van der Waals surface area contributed by atoms with Crippen molar-refractivity contribution in [1.29, 1.82) is 0 Å². The summed E-state index contributed by atoms with van der Waals surface area (Å²) in [5, 5.41) is 17.1. The number of hydrogen-bond donors (Lipinski definition) is 3. The third-order valence-corrected chi connectivity index (χ3v) is 3.62. The number of nitrogens with one attached hydrogen (secondary N) is 1. The van der Waals surface area contributed by atoms with E-state index in [0.717, 1.165) is 6.20 Å². The Bertz CT molecular complexity index is 490. The maximum Gasteiger partial charge on any atom is 0.318 e. The topological polar surface area (TPSA) is 128 Å². The average Bonchev–Trinajstić information content (AvgIpc) is 2.68. The van der Waals surface area contributed by atoms with Crippen molar-refractivity contribution in [2.24, 2.45) is 0 Å². The molecule has 0 saturated carbocycles. The van der Waals surface area contributed by atoms with E-state index in [1.807, 2.05) is 0 Å². The first-order valence-electron chi connectivity index (χ1n) is 4.40. The molecule has 3 N–H and O–H groups in total. The number of hydrogen-bond acceptors (Lipinski definition) is 4. The van der Waals surface area contributed by atoms with Crippen molar-refractivity contribution in [3.63, 3.8) is 0 Å². The number of rotatable bonds is 6. The van der Waals surface area contributed by atoms with E-state index in [4.69, 9.17) is 10.2 Å². The van der Waals surface area contributed by atoms with Gasteiger partial charge < -0.3 is 15.2 Å². The van der Waals surface area contributed by atoms with E-state index < -0.39 is 35.1 Å². The van der Waals surface area contributed by atoms with Crippen molar-refractivity contribution in [2.45, 2.75) is 4.90 Å². The number of nitrogens with zero attached hydrogens (tertiary/aromatic N) is 1. The molecule has 0 amide bonds. The van der Waals surface area contributed by atoms with Crippen molar-refractivity contribution in [2.75, 3.05) is 13.1 Å². The lowest BCUT2D eigenvalue weighted by Gasteiger charge is -2.17. The average molecular weight is 262 g/mol. The first-order chi connectivity index (χ1) is 7.84. The Morgan fingerprint density at radius 2 is 1.76 bits per heavy atom. The van der Waals surface area contributed by atoms with E-state index in [1.54, 1.807) is 0 Å². The summed E-state index contributed by atoms with van der Waals surface area (Å²) in [5.74, 6) is -2.85. The second kappa shape index (κ2) is 4.97. The van der Waals surface area contributed by atoms with Crippen LogP contribution in [-0.2, 0) is 19.6 Å². The number of aromatic nitrogens is 1. The number of aliphatic carboxylic acids is 2. The van der Waals surface area contributed by atoms with E-state index in [1.165, 1.54) is 12.3 Å². The Labute approximate surface area is 96.5 Å². The highest BCUT2D eigenvalue weighted by Gasteiger charge is 2.28. The molecule has 0 aliphatic carbocycles. The second-order valence-corrected chi connectivity index (χ2v) is 5.05. The molecule has 1 aromatic heterocycles. The van der Waals surface area contributed by atoms with Crippen molar-refractivity contribution >= 4 is 22.0 Å². The Balaban J connectivity index is 3.04. The quantitative estimate of drug-likeness (QED) is 0.614. The highest BCUT2D eigenvalue weighted by atomic mass is 32.2. The lowest BCUT2D eigenvalue weighted by molar-refractivity contribution is -0.139. The maximum absolute atomic E-state index is 11.8. The molecular formula is C8H10N2O6S. The fourth-order valence-electron chi connectivity index (χ4n) is 1.15. The maximum atomic E-state index is 11.8. The molecule has 0 atom stereocenters. The molecular weight excluding hydrogens is 252 g/mol. The van der Waals surface area contributed by atoms with Gasteiger partial charge in [-0.1, -0.05) is 0 Å². The van der Waals surface area contributed by atoms with Gasteiger partial charge in [0.05, 0.1) is 4.90 Å². The van der Waals surface area contributed by atoms with Crippen LogP contribution in [0.15, 0.2) is 23.4 Å². The molecule has 94 valence electrons. The van der Waals surface area contributed by atoms with Crippen LogP contribution in [0, 0.1) is 0 Å². The Morgan fingerprint density at radius 1 is 1.24 bits per heavy atom. The number of carboxylic acid groups (broad SMARTS) is 2. The standard InChI is InChI=1S/C8H10N2O6S/c11-7(12)4-10(5-8(13)14)17(15,16)6-1-2-9-3-6/h1-3,9H,4-5H2,(H,11,12)(H,13,14). The van der Waals surface area contributed by atoms with E-state index in [-0.39, 0.29) is 4.90 Å². The van der Waals surface area contributed by atoms with Crippen molar-refractivity contribution in [1.82, 2.24) is 9.29 Å². The van der Waals surface area contributed by atoms with Gasteiger partial charge in [0.1, 0.15) is 13.1 Å². The predicted octanol–water partition coefficient (Wildman–Crippen LogP) is -0.825. The van der Waals surface area contributed by atoms with Crippen LogP contribution in [0.1, 0.15) is 0 Å². The summed E-state index contributed by atoms with van der Waals surface area (Å²) < 4.78 is 24.1. The highest BCUT2D eigenvalue weighted by molar-refractivity contribution is 7.89. The monoisotopic (exact) mass is 262 g/mol. The number of carbonyl (C=O) groups is 2. The molecule has 8 nitrogen and oxygen atoms in total. The molecule has 1 heterocycles. The second-order valence-electron chi connectivity index (χ2n) is 3.11. The zero-order valence-corrected chi connectivity index (χ0v) is 9.35. The lowest BCUT2D eigenvalue weighted by Crippen LogP contribution is -2.39. The third-order valence-electron chi connectivity index (χ3n) is 1.83. The van der Waals surface area contributed by atoms with Crippen LogP contribution in [0.25, 0.3) is 0 Å². The largest absolute Gasteiger partial charge is 0.480 e. The van der Waals surface area contributed by atoms with Crippen LogP contribution in [0.3, 0.4) is 0 Å². The molecule has 0 spiro atoms. The van der Waals surface area contributed by atoms with Gasteiger partial charge in [0, 0.05) is 12.4 Å². The molecule has 1 aromatic rings. The van der Waals surface area contributed by atoms with E-state index >= 15 is 0 Å². The Hall–Kier alpha value is -1.87. The van der Waals surface area contributed by atoms with Gasteiger partial charge >= 0.3 is 11.9 Å². The Morgan fingerprint density at radius 3 is 2.12 bits per heavy atom. The van der Waals surface area contributed by atoms with Crippen molar-refractivity contribution in [3.05, 3.63) is 18.5 Å². The van der Waals surface area contributed by atoms with E-state index in [2.05, 4.69) is 4.98 Å². The van der Waals surface area contributed by atoms with Crippen LogP contribution in [0.5, 0.6) is 0 Å². The van der Waals surface area contributed by atoms with Crippen LogP contribution in [0.4, 0.5) is 0 Å². The van der Waals surface area contributed by atoms with Crippen LogP contribution >= 0.6 is 0 Å². The summed E-state index contributed by atoms with van der Waals surface area (Å²) in [6.07, 6.45) is 2.48. The van der Waals surface area contributed by atoms with Gasteiger partial charge in [-0.3, -0.25) is 9.59 Å². The van der Waals surface area contributed by atoms with Crippen LogP contribution < -0.4 is 0 Å². The predicted molar refractivity (Wildman–Crippen MR) is 54.8 cm³/mol. The molecule has 0 unspecified atom stereocenters. The lowest BCUT2D eigenvalue weighted by atomic mass is 10.6. The fraction of sp³-hybridized carbons (Fsp3) is 0.250. The number of carboxylic acids is 2. The molecule has 17 heavy (non-hydrogen) atoms. The van der Waals surface area contributed by atoms with E-state index in [9.17, 15) is 18.0 Å². The summed E-state index contributed by atoms with van der Waals surface area (Å²) in [4.78, 5) is 23.3. The van der Waals surface area contributed by atoms with Gasteiger partial charge in [0.2, 0.25) is 10.0 Å². The molecule has 0 saturated heterocycles. The highest BCUT2D eigenvalue weighted by Crippen LogP contribution is 2.14. The molecule has 0 radical (unpaired) electrons. The SMILES string of the molecule is O=C(O)CN(CC(=O)O)S(=O)(=O)c1cc[nH]c1. The zero-order chi connectivity index (χ0) is 13.1. The minimum atomic E-state index is -4.11. The number of aromatic amines is 1. The van der Waals surface area contributed by atoms with Gasteiger partial charge in [0.15, 0.2) is 0 Å². The Kier molecular flexibility index (Phi) is 3.86. The normalized spacial score (nSPS) is 11.6. The molecule has 0 aliphatic rings. The molecule has 0 aromatic carbocycles. The first kappa shape index (κ1) is 13.2. The molecule has 9 heteroatoms. The summed E-state index contributed by atoms with van der Waals surface area (Å²) in [6.45, 7) is -1.81. The molecule has 0 fully saturated rings. The molecule has 0 aliphatic heterocycles. The smallest absolute Gasteiger partial charge is 0.318 e. The minimum absolute atomic E-state index is 0.181. The van der Waals surface area contributed by atoms with Gasteiger partial charge in [-0.2, -0.15) is 4.31 Å². The van der Waals surface area contributed by atoms with Crippen molar-refractivity contribution < 1.29 is 28.2 Å². The van der Waals surface area contributed by atoms with Crippen LogP contribution in [-0.4, -0.2) is 52.9 Å². The van der Waals surface area contributed by atoms with Crippen molar-refractivity contribution in [3.8, 4) is 0 Å². The number of H-pyrrole nitrogens is 1. The summed E-state index contributed by atoms with van der Waals surface area (Å²) >= 11 is 0. The zero-order valence-electron chi connectivity index (χ0n) is 8.53. The summed E-state index contributed by atoms with van der Waals surface area (Å²) in [7, 11) is -4.11. The van der Waals surface area contributed by atoms with Gasteiger partial charge in [-0.25, -0.2) is 8.42 Å². The van der Waals surface area contributed by atoms with Gasteiger partial charge in [-0.15, -0.1) is 0 Å².